The number of hydrogen-bond acceptors (Lipinski definition) is 4. The first-order valence-corrected chi connectivity index (χ1v) is 6.76. The Kier molecular flexibility index (Phi) is 3.33. The molecule has 0 aromatic carbocycles. The largest absolute Gasteiger partial charge is 0.352 e. The van der Waals surface area contributed by atoms with Crippen molar-refractivity contribution in [2.24, 2.45) is 0 Å². The number of pyridine rings is 1. The fourth-order valence-electron chi connectivity index (χ4n) is 2.28. The minimum Gasteiger partial charge on any atom is -0.352 e. The van der Waals surface area contributed by atoms with Crippen LogP contribution < -0.4 is 5.32 Å². The molecule has 1 saturated carbocycles. The lowest BCUT2D eigenvalue weighted by molar-refractivity contribution is 0.289. The minimum absolute atomic E-state index is 0.310. The van der Waals surface area contributed by atoms with E-state index in [1.807, 2.05) is 0 Å². The van der Waals surface area contributed by atoms with E-state index in [0.29, 0.717) is 11.6 Å². The van der Waals surface area contributed by atoms with Crippen LogP contribution in [0.3, 0.4) is 0 Å². The van der Waals surface area contributed by atoms with Crippen molar-refractivity contribution in [3.8, 4) is 0 Å². The first-order chi connectivity index (χ1) is 9.26. The van der Waals surface area contributed by atoms with E-state index in [4.69, 9.17) is 0 Å². The van der Waals surface area contributed by atoms with Crippen molar-refractivity contribution >= 4 is 11.6 Å². The maximum atomic E-state index is 13.0. The van der Waals surface area contributed by atoms with Gasteiger partial charge in [0.15, 0.2) is 5.65 Å². The molecule has 0 unspecified atom stereocenters. The van der Waals surface area contributed by atoms with Crippen molar-refractivity contribution in [3.05, 3.63) is 24.1 Å². The van der Waals surface area contributed by atoms with Gasteiger partial charge in [0.25, 0.3) is 0 Å². The summed E-state index contributed by atoms with van der Waals surface area (Å²) in [5, 5.41) is 7.39. The Bertz CT molecular complexity index is 563. The van der Waals surface area contributed by atoms with Crippen LogP contribution in [0.4, 0.5) is 10.3 Å². The second-order valence-corrected chi connectivity index (χ2v) is 4.87. The SMILES string of the molecule is CCN(CCNc1nc2ccc(F)cn2n1)C1CC1. The van der Waals surface area contributed by atoms with E-state index < -0.39 is 0 Å². The van der Waals surface area contributed by atoms with E-state index in [9.17, 15) is 4.39 Å². The number of nitrogens with one attached hydrogen (secondary N) is 1. The van der Waals surface area contributed by atoms with Gasteiger partial charge in [-0.1, -0.05) is 6.92 Å². The molecule has 3 rings (SSSR count). The molecule has 0 saturated heterocycles. The second kappa shape index (κ2) is 5.13. The number of hydrogen-bond donors (Lipinski definition) is 1. The van der Waals surface area contributed by atoms with Gasteiger partial charge in [-0.2, -0.15) is 4.98 Å². The van der Waals surface area contributed by atoms with Crippen LogP contribution in [0.1, 0.15) is 19.8 Å². The Balaban J connectivity index is 1.58. The van der Waals surface area contributed by atoms with Crippen LogP contribution in [0.5, 0.6) is 0 Å². The van der Waals surface area contributed by atoms with Gasteiger partial charge in [-0.25, -0.2) is 8.91 Å². The highest BCUT2D eigenvalue weighted by Crippen LogP contribution is 2.25. The predicted molar refractivity (Wildman–Crippen MR) is 71.7 cm³/mol. The number of likely N-dealkylation sites (N-methyl/N-ethyl adjacent to an activating group) is 1. The minimum atomic E-state index is -0.310. The number of halogens is 1. The third kappa shape index (κ3) is 2.84. The monoisotopic (exact) mass is 263 g/mol. The molecule has 1 fully saturated rings. The summed E-state index contributed by atoms with van der Waals surface area (Å²) in [5.41, 5.74) is 0.651. The van der Waals surface area contributed by atoms with Crippen molar-refractivity contribution in [1.82, 2.24) is 19.5 Å². The molecule has 1 aliphatic carbocycles. The molecule has 5 nitrogen and oxygen atoms in total. The van der Waals surface area contributed by atoms with Crippen molar-refractivity contribution in [1.29, 1.82) is 0 Å². The van der Waals surface area contributed by atoms with Crippen LogP contribution in [0.15, 0.2) is 18.3 Å². The molecule has 0 spiro atoms. The normalized spacial score (nSPS) is 15.3. The number of rotatable bonds is 6. The molecular weight excluding hydrogens is 245 g/mol. The van der Waals surface area contributed by atoms with Crippen LogP contribution in [-0.4, -0.2) is 45.2 Å². The highest BCUT2D eigenvalue weighted by Gasteiger charge is 2.27. The van der Waals surface area contributed by atoms with Crippen LogP contribution in [-0.2, 0) is 0 Å². The van der Waals surface area contributed by atoms with Gasteiger partial charge in [-0.15, -0.1) is 5.10 Å². The Morgan fingerprint density at radius 1 is 1.47 bits per heavy atom. The van der Waals surface area contributed by atoms with E-state index in [-0.39, 0.29) is 5.82 Å². The van der Waals surface area contributed by atoms with Crippen molar-refractivity contribution in [3.63, 3.8) is 0 Å². The Morgan fingerprint density at radius 2 is 2.32 bits per heavy atom. The highest BCUT2D eigenvalue weighted by atomic mass is 19.1. The van der Waals surface area contributed by atoms with Crippen molar-refractivity contribution in [2.75, 3.05) is 25.0 Å². The molecular formula is C13H18FN5. The fraction of sp³-hybridized carbons (Fsp3) is 0.538. The molecule has 19 heavy (non-hydrogen) atoms. The molecule has 0 radical (unpaired) electrons. The first kappa shape index (κ1) is 12.3. The molecule has 2 aromatic heterocycles. The van der Waals surface area contributed by atoms with E-state index >= 15 is 0 Å². The molecule has 1 aliphatic rings. The molecule has 0 bridgehead atoms. The summed E-state index contributed by atoms with van der Waals surface area (Å²) in [6.45, 7) is 5.06. The van der Waals surface area contributed by atoms with Crippen LogP contribution in [0.25, 0.3) is 5.65 Å². The zero-order valence-electron chi connectivity index (χ0n) is 11.0. The number of nitrogens with zero attached hydrogens (tertiary/aromatic N) is 4. The van der Waals surface area contributed by atoms with Crippen LogP contribution in [0, 0.1) is 5.82 Å². The fourth-order valence-corrected chi connectivity index (χ4v) is 2.28. The summed E-state index contributed by atoms with van der Waals surface area (Å²) in [6.07, 6.45) is 3.97. The van der Waals surface area contributed by atoms with E-state index in [2.05, 4.69) is 27.2 Å². The second-order valence-electron chi connectivity index (χ2n) is 4.87. The van der Waals surface area contributed by atoms with Gasteiger partial charge in [0.1, 0.15) is 5.82 Å². The van der Waals surface area contributed by atoms with E-state index in [1.165, 1.54) is 29.6 Å². The molecule has 102 valence electrons. The zero-order chi connectivity index (χ0) is 13.2. The van der Waals surface area contributed by atoms with Gasteiger partial charge in [-0.05, 0) is 31.5 Å². The molecule has 0 aliphatic heterocycles. The number of aromatic nitrogens is 3. The Labute approximate surface area is 111 Å². The average Bonchev–Trinajstić information content (AvgIpc) is 3.15. The number of fused-ring (bicyclic) bond motifs is 1. The lowest BCUT2D eigenvalue weighted by Crippen LogP contribution is -2.31. The van der Waals surface area contributed by atoms with Crippen molar-refractivity contribution in [2.45, 2.75) is 25.8 Å². The average molecular weight is 263 g/mol. The summed E-state index contributed by atoms with van der Waals surface area (Å²) < 4.78 is 14.5. The standard InChI is InChI=1S/C13H18FN5/c1-2-18(11-4-5-11)8-7-15-13-16-12-6-3-10(14)9-19(12)17-13/h3,6,9,11H,2,4-5,7-8H2,1H3,(H,15,17). The van der Waals surface area contributed by atoms with Gasteiger partial charge in [0.05, 0.1) is 6.20 Å². The van der Waals surface area contributed by atoms with Crippen LogP contribution in [0.2, 0.25) is 0 Å². The predicted octanol–water partition coefficient (Wildman–Crippen LogP) is 1.76. The molecule has 6 heteroatoms. The van der Waals surface area contributed by atoms with Crippen molar-refractivity contribution < 1.29 is 4.39 Å². The molecule has 1 N–H and O–H groups in total. The summed E-state index contributed by atoms with van der Waals surface area (Å²) in [6, 6.07) is 3.78. The van der Waals surface area contributed by atoms with Gasteiger partial charge >= 0.3 is 0 Å². The Morgan fingerprint density at radius 3 is 3.05 bits per heavy atom. The molecule has 2 aromatic rings. The van der Waals surface area contributed by atoms with Crippen LogP contribution >= 0.6 is 0 Å². The maximum absolute atomic E-state index is 13.0. The van der Waals surface area contributed by atoms with E-state index in [1.54, 1.807) is 6.07 Å². The zero-order valence-corrected chi connectivity index (χ0v) is 11.0. The summed E-state index contributed by atoms with van der Waals surface area (Å²) in [5.74, 6) is 0.243. The lowest BCUT2D eigenvalue weighted by Gasteiger charge is -2.19. The quantitative estimate of drug-likeness (QED) is 0.862. The summed E-state index contributed by atoms with van der Waals surface area (Å²) >= 11 is 0. The first-order valence-electron chi connectivity index (χ1n) is 6.76. The highest BCUT2D eigenvalue weighted by molar-refractivity contribution is 5.42. The van der Waals surface area contributed by atoms with Gasteiger partial charge in [-0.3, -0.25) is 4.90 Å². The van der Waals surface area contributed by atoms with E-state index in [0.717, 1.165) is 25.7 Å². The summed E-state index contributed by atoms with van der Waals surface area (Å²) in [4.78, 5) is 6.75. The molecule has 0 amide bonds. The third-order valence-electron chi connectivity index (χ3n) is 3.45. The van der Waals surface area contributed by atoms with Gasteiger partial charge < -0.3 is 5.32 Å². The maximum Gasteiger partial charge on any atom is 0.243 e. The van der Waals surface area contributed by atoms with Gasteiger partial charge in [0.2, 0.25) is 5.95 Å². The molecule has 0 atom stereocenters. The lowest BCUT2D eigenvalue weighted by atomic mass is 10.4. The third-order valence-corrected chi connectivity index (χ3v) is 3.45. The summed E-state index contributed by atoms with van der Waals surface area (Å²) in [7, 11) is 0. The smallest absolute Gasteiger partial charge is 0.243 e. The topological polar surface area (TPSA) is 45.5 Å². The van der Waals surface area contributed by atoms with Gasteiger partial charge in [0, 0.05) is 19.1 Å². The number of anilines is 1. The Hall–Kier alpha value is -1.69. The molecule has 2 heterocycles.